The van der Waals surface area contributed by atoms with Crippen LogP contribution in [0.25, 0.3) is 0 Å². The van der Waals surface area contributed by atoms with E-state index in [0.29, 0.717) is 12.0 Å². The lowest BCUT2D eigenvalue weighted by atomic mass is 9.87. The number of nitrogens with zero attached hydrogens (tertiary/aromatic N) is 3. The van der Waals surface area contributed by atoms with Gasteiger partial charge < -0.3 is 10.0 Å². The zero-order valence-corrected chi connectivity index (χ0v) is 13.7. The van der Waals surface area contributed by atoms with Crippen molar-refractivity contribution in [2.75, 3.05) is 13.1 Å². The number of hydrogen-bond donors (Lipinski definition) is 1. The van der Waals surface area contributed by atoms with E-state index in [0.717, 1.165) is 15.8 Å². The molecule has 0 aromatic carbocycles. The van der Waals surface area contributed by atoms with Gasteiger partial charge >= 0.3 is 12.3 Å². The molecule has 0 unspecified atom stereocenters. The Morgan fingerprint density at radius 1 is 1.29 bits per heavy atom. The summed E-state index contributed by atoms with van der Waals surface area (Å²) in [5.41, 5.74) is -2.48. The highest BCUT2D eigenvalue weighted by Crippen LogP contribution is 2.45. The quantitative estimate of drug-likeness (QED) is 0.835. The molecule has 2 rings (SSSR count). The summed E-state index contributed by atoms with van der Waals surface area (Å²) >= 11 is 0. The molecule has 0 spiro atoms. The van der Waals surface area contributed by atoms with Gasteiger partial charge in [0.05, 0.1) is 11.3 Å². The number of piperidine rings is 1. The summed E-state index contributed by atoms with van der Waals surface area (Å²) in [5, 5.41) is 13.0. The van der Waals surface area contributed by atoms with Gasteiger partial charge in [-0.15, -0.1) is 0 Å². The average molecular weight is 347 g/mol. The minimum absolute atomic E-state index is 0.117. The topological polar surface area (TPSA) is 75.4 Å². The van der Waals surface area contributed by atoms with Gasteiger partial charge in [0.25, 0.3) is 0 Å². The monoisotopic (exact) mass is 347 g/mol. The highest BCUT2D eigenvalue weighted by atomic mass is 19.4. The summed E-state index contributed by atoms with van der Waals surface area (Å²) in [6.45, 7) is 4.81. The second kappa shape index (κ2) is 5.78. The maximum atomic E-state index is 13.8. The van der Waals surface area contributed by atoms with Crippen molar-refractivity contribution in [1.29, 1.82) is 0 Å². The van der Waals surface area contributed by atoms with Gasteiger partial charge in [-0.25, -0.2) is 4.79 Å². The molecule has 1 aromatic rings. The fourth-order valence-corrected chi connectivity index (χ4v) is 2.99. The van der Waals surface area contributed by atoms with E-state index in [9.17, 15) is 22.8 Å². The largest absolute Gasteiger partial charge is 0.465 e. The molecule has 1 aliphatic heterocycles. The number of aromatic nitrogens is 2. The van der Waals surface area contributed by atoms with Gasteiger partial charge in [0, 0.05) is 24.7 Å². The number of likely N-dealkylation sites (tertiary alicyclic amines) is 1. The molecule has 1 aliphatic rings. The number of carboxylic acid groups (broad SMARTS) is 1. The number of alkyl halides is 3. The Hall–Kier alpha value is -2.06. The first-order chi connectivity index (χ1) is 10.9. The molecule has 9 heteroatoms. The van der Waals surface area contributed by atoms with Crippen molar-refractivity contribution in [3.63, 3.8) is 0 Å². The van der Waals surface area contributed by atoms with Crippen LogP contribution in [0.15, 0.2) is 6.20 Å². The van der Waals surface area contributed by atoms with E-state index >= 15 is 0 Å². The summed E-state index contributed by atoms with van der Waals surface area (Å²) in [4.78, 5) is 23.2. The Morgan fingerprint density at radius 2 is 1.83 bits per heavy atom. The van der Waals surface area contributed by atoms with Crippen LogP contribution in [-0.4, -0.2) is 51.4 Å². The molecule has 2 heterocycles. The summed E-state index contributed by atoms with van der Waals surface area (Å²) in [5.74, 6) is 0. The molecule has 1 N–H and O–H groups in total. The summed E-state index contributed by atoms with van der Waals surface area (Å²) in [6.07, 6.45) is -5.11. The number of aldehydes is 1. The number of carbonyl (C=O) groups excluding carboxylic acids is 1. The predicted octanol–water partition coefficient (Wildman–Crippen LogP) is 3.02. The van der Waals surface area contributed by atoms with E-state index in [2.05, 4.69) is 5.10 Å². The molecule has 24 heavy (non-hydrogen) atoms. The van der Waals surface area contributed by atoms with Gasteiger partial charge in [-0.1, -0.05) is 20.8 Å². The van der Waals surface area contributed by atoms with Crippen molar-refractivity contribution in [2.45, 2.75) is 50.7 Å². The first-order valence-electron chi connectivity index (χ1n) is 7.53. The number of hydrogen-bond acceptors (Lipinski definition) is 3. The summed E-state index contributed by atoms with van der Waals surface area (Å²) in [6, 6.07) is 0. The molecule has 0 radical (unpaired) electrons. The Balaban J connectivity index is 2.50. The number of amides is 1. The molecule has 0 bridgehead atoms. The number of rotatable bonds is 2. The van der Waals surface area contributed by atoms with Crippen molar-refractivity contribution >= 4 is 12.4 Å². The Morgan fingerprint density at radius 3 is 2.17 bits per heavy atom. The number of halogens is 3. The highest BCUT2D eigenvalue weighted by molar-refractivity contribution is 5.76. The molecule has 6 nitrogen and oxygen atoms in total. The molecular weight excluding hydrogens is 327 g/mol. The lowest BCUT2D eigenvalue weighted by Crippen LogP contribution is -2.55. The molecule has 0 atom stereocenters. The van der Waals surface area contributed by atoms with Crippen LogP contribution >= 0.6 is 0 Å². The van der Waals surface area contributed by atoms with Crippen LogP contribution in [0.5, 0.6) is 0 Å². The molecule has 1 fully saturated rings. The van der Waals surface area contributed by atoms with Gasteiger partial charge in [0.15, 0.2) is 11.8 Å². The van der Waals surface area contributed by atoms with Crippen LogP contribution in [0.3, 0.4) is 0 Å². The third kappa shape index (κ3) is 2.99. The van der Waals surface area contributed by atoms with E-state index in [4.69, 9.17) is 5.11 Å². The summed E-state index contributed by atoms with van der Waals surface area (Å²) < 4.78 is 42.3. The maximum absolute atomic E-state index is 13.8. The first-order valence-corrected chi connectivity index (χ1v) is 7.53. The first kappa shape index (κ1) is 18.3. The van der Waals surface area contributed by atoms with E-state index in [1.54, 1.807) is 20.8 Å². The second-order valence-corrected chi connectivity index (χ2v) is 7.04. The van der Waals surface area contributed by atoms with Crippen LogP contribution in [0.1, 0.15) is 49.7 Å². The lowest BCUT2D eigenvalue weighted by Gasteiger charge is -2.42. The molecule has 1 amide bonds. The molecule has 0 aliphatic carbocycles. The number of carbonyl (C=O) groups is 2. The SMILES string of the molecule is CC(C)(C)c1nn(C2(C(F)(F)F)CCN(C(=O)O)CC2)cc1C=O. The van der Waals surface area contributed by atoms with Crippen LogP contribution in [0, 0.1) is 0 Å². The minimum Gasteiger partial charge on any atom is -0.465 e. The smallest absolute Gasteiger partial charge is 0.413 e. The molecule has 1 aromatic heterocycles. The Bertz CT molecular complexity index is 639. The average Bonchev–Trinajstić information content (AvgIpc) is 2.90. The normalized spacial score (nSPS) is 18.5. The predicted molar refractivity (Wildman–Crippen MR) is 79.2 cm³/mol. The van der Waals surface area contributed by atoms with E-state index in [-0.39, 0.29) is 18.7 Å². The van der Waals surface area contributed by atoms with Crippen molar-refractivity contribution in [3.05, 3.63) is 17.5 Å². The lowest BCUT2D eigenvalue weighted by molar-refractivity contribution is -0.230. The fraction of sp³-hybridized carbons (Fsp3) is 0.667. The van der Waals surface area contributed by atoms with E-state index < -0.39 is 36.1 Å². The molecule has 134 valence electrons. The van der Waals surface area contributed by atoms with Crippen LogP contribution in [0.4, 0.5) is 18.0 Å². The van der Waals surface area contributed by atoms with Crippen molar-refractivity contribution < 1.29 is 27.9 Å². The standard InChI is InChI=1S/C15H20F3N3O3/c1-13(2,3)11-10(9-22)8-21(19-11)14(15(16,17)18)4-6-20(7-5-14)12(23)24/h8-9H,4-7H2,1-3H3,(H,23,24). The maximum Gasteiger partial charge on any atom is 0.413 e. The molecule has 1 saturated heterocycles. The second-order valence-electron chi connectivity index (χ2n) is 7.04. The van der Waals surface area contributed by atoms with Crippen molar-refractivity contribution in [3.8, 4) is 0 Å². The van der Waals surface area contributed by atoms with Crippen molar-refractivity contribution in [2.24, 2.45) is 0 Å². The third-order valence-corrected chi connectivity index (χ3v) is 4.41. The van der Waals surface area contributed by atoms with Crippen LogP contribution in [0.2, 0.25) is 0 Å². The van der Waals surface area contributed by atoms with Gasteiger partial charge in [-0.2, -0.15) is 18.3 Å². The molecule has 0 saturated carbocycles. The van der Waals surface area contributed by atoms with Gasteiger partial charge in [-0.05, 0) is 12.8 Å². The van der Waals surface area contributed by atoms with E-state index in [1.165, 1.54) is 0 Å². The zero-order valence-electron chi connectivity index (χ0n) is 13.7. The minimum atomic E-state index is -4.61. The zero-order chi connectivity index (χ0) is 18.3. The third-order valence-electron chi connectivity index (χ3n) is 4.41. The van der Waals surface area contributed by atoms with Crippen molar-refractivity contribution in [1.82, 2.24) is 14.7 Å². The van der Waals surface area contributed by atoms with Crippen LogP contribution < -0.4 is 0 Å². The Labute approximate surface area is 137 Å². The molecular formula is C15H20F3N3O3. The van der Waals surface area contributed by atoms with E-state index in [1.807, 2.05) is 0 Å². The fourth-order valence-electron chi connectivity index (χ4n) is 2.99. The highest BCUT2D eigenvalue weighted by Gasteiger charge is 2.58. The van der Waals surface area contributed by atoms with Gasteiger partial charge in [0.2, 0.25) is 0 Å². The van der Waals surface area contributed by atoms with Gasteiger partial charge in [0.1, 0.15) is 0 Å². The summed E-state index contributed by atoms with van der Waals surface area (Å²) in [7, 11) is 0. The van der Waals surface area contributed by atoms with Crippen LogP contribution in [-0.2, 0) is 11.0 Å². The van der Waals surface area contributed by atoms with Gasteiger partial charge in [-0.3, -0.25) is 9.48 Å². The Kier molecular flexibility index (Phi) is 4.41.